The molecule has 0 saturated carbocycles. The molecule has 0 aromatic carbocycles. The first-order valence-electron chi connectivity index (χ1n) is 7.26. The molecule has 0 bridgehead atoms. The number of carbonyl (C=O) groups is 1. The van der Waals surface area contributed by atoms with Crippen molar-refractivity contribution in [2.75, 3.05) is 0 Å². The van der Waals surface area contributed by atoms with E-state index in [1.54, 1.807) is 12.2 Å². The zero-order valence-corrected chi connectivity index (χ0v) is 13.9. The molecule has 1 amide bonds. The highest BCUT2D eigenvalue weighted by Gasteiger charge is 2.24. The zero-order valence-electron chi connectivity index (χ0n) is 13.0. The third-order valence-corrected chi connectivity index (χ3v) is 4.69. The summed E-state index contributed by atoms with van der Waals surface area (Å²) in [4.78, 5) is 11.6. The van der Waals surface area contributed by atoms with Crippen LogP contribution in [0, 0.1) is 24.2 Å². The molecular formula is C17H18N2O3S. The normalized spacial score (nSPS) is 24.5. The fourth-order valence-corrected chi connectivity index (χ4v) is 3.49. The molecule has 0 fully saturated rings. The summed E-state index contributed by atoms with van der Waals surface area (Å²) in [5, 5.41) is 4.10. The number of allylic oxidation sites excluding steroid dienone is 6. The number of rotatable bonds is 3. The average molecular weight is 330 g/mol. The topological polar surface area (TPSA) is 75.6 Å². The molecule has 2 aliphatic rings. The molecule has 0 saturated heterocycles. The van der Waals surface area contributed by atoms with Gasteiger partial charge in [0.05, 0.1) is 10.6 Å². The fourth-order valence-electron chi connectivity index (χ4n) is 2.77. The molecule has 1 N–H and O–H groups in total. The Morgan fingerprint density at radius 1 is 1.57 bits per heavy atom. The van der Waals surface area contributed by atoms with Gasteiger partial charge in [-0.3, -0.25) is 4.79 Å². The smallest absolute Gasteiger partial charge is 0.240 e. The van der Waals surface area contributed by atoms with Crippen LogP contribution in [0.5, 0.6) is 0 Å². The van der Waals surface area contributed by atoms with Gasteiger partial charge in [-0.2, -0.15) is 13.5 Å². The molecule has 0 radical (unpaired) electrons. The maximum Gasteiger partial charge on any atom is 0.240 e. The van der Waals surface area contributed by atoms with Crippen LogP contribution in [-0.4, -0.2) is 24.9 Å². The Bertz CT molecular complexity index is 812. The second-order valence-electron chi connectivity index (χ2n) is 5.57. The zero-order chi connectivity index (χ0) is 17.0. The number of hydrogen-bond donors (Lipinski definition) is 1. The van der Waals surface area contributed by atoms with Gasteiger partial charge < -0.3 is 0 Å². The molecule has 2 rings (SSSR count). The van der Waals surface area contributed by atoms with Gasteiger partial charge in [0, 0.05) is 24.7 Å². The van der Waals surface area contributed by atoms with Crippen molar-refractivity contribution in [3.05, 3.63) is 35.5 Å². The highest BCUT2D eigenvalue weighted by Crippen LogP contribution is 2.23. The van der Waals surface area contributed by atoms with E-state index in [4.69, 9.17) is 6.42 Å². The van der Waals surface area contributed by atoms with Gasteiger partial charge in [-0.15, -0.1) is 12.3 Å². The van der Waals surface area contributed by atoms with E-state index in [2.05, 4.69) is 16.4 Å². The summed E-state index contributed by atoms with van der Waals surface area (Å²) in [5.74, 6) is 1.99. The van der Waals surface area contributed by atoms with Gasteiger partial charge in [-0.25, -0.2) is 5.43 Å². The summed E-state index contributed by atoms with van der Waals surface area (Å²) in [6, 6.07) is 0. The SMILES string of the molecule is C#CCC1=CC=CC(C=C(C)C2=NNC(=O)CC2C)C1=S(=O)=O. The van der Waals surface area contributed by atoms with Crippen molar-refractivity contribution in [1.82, 2.24) is 5.43 Å². The van der Waals surface area contributed by atoms with Gasteiger partial charge in [-0.05, 0) is 18.1 Å². The Labute approximate surface area is 137 Å². The summed E-state index contributed by atoms with van der Waals surface area (Å²) in [6.07, 6.45) is 13.1. The highest BCUT2D eigenvalue weighted by molar-refractivity contribution is 7.73. The summed E-state index contributed by atoms with van der Waals surface area (Å²) in [7, 11) is -2.35. The van der Waals surface area contributed by atoms with Gasteiger partial charge in [0.15, 0.2) is 0 Å². The van der Waals surface area contributed by atoms with E-state index in [0.717, 1.165) is 11.3 Å². The lowest BCUT2D eigenvalue weighted by molar-refractivity contribution is -0.121. The van der Waals surface area contributed by atoms with E-state index in [1.165, 1.54) is 0 Å². The summed E-state index contributed by atoms with van der Waals surface area (Å²) < 4.78 is 23.2. The van der Waals surface area contributed by atoms with E-state index in [1.807, 2.05) is 26.0 Å². The molecule has 1 aliphatic carbocycles. The Hall–Kier alpha value is -2.39. The van der Waals surface area contributed by atoms with Crippen molar-refractivity contribution >= 4 is 26.8 Å². The lowest BCUT2D eigenvalue weighted by Gasteiger charge is -2.21. The second kappa shape index (κ2) is 7.25. The Balaban J connectivity index is 2.37. The van der Waals surface area contributed by atoms with Crippen LogP contribution in [-0.2, 0) is 15.1 Å². The highest BCUT2D eigenvalue weighted by atomic mass is 32.2. The van der Waals surface area contributed by atoms with E-state index >= 15 is 0 Å². The van der Waals surface area contributed by atoms with E-state index in [-0.39, 0.29) is 29.0 Å². The number of carbonyl (C=O) groups excluding carboxylic acids is 1. The quantitative estimate of drug-likeness (QED) is 0.631. The van der Waals surface area contributed by atoms with Crippen LogP contribution in [0.1, 0.15) is 26.7 Å². The van der Waals surface area contributed by atoms with E-state index in [0.29, 0.717) is 12.0 Å². The first kappa shape index (κ1) is 17.0. The van der Waals surface area contributed by atoms with Gasteiger partial charge in [0.1, 0.15) is 0 Å². The average Bonchev–Trinajstić information content (AvgIpc) is 2.47. The van der Waals surface area contributed by atoms with Gasteiger partial charge in [0.2, 0.25) is 16.2 Å². The largest absolute Gasteiger partial charge is 0.273 e. The van der Waals surface area contributed by atoms with Crippen molar-refractivity contribution in [1.29, 1.82) is 0 Å². The van der Waals surface area contributed by atoms with Crippen LogP contribution in [0.25, 0.3) is 0 Å². The number of hydrazone groups is 1. The number of amides is 1. The van der Waals surface area contributed by atoms with E-state index < -0.39 is 10.3 Å². The molecule has 1 heterocycles. The second-order valence-corrected chi connectivity index (χ2v) is 6.48. The molecule has 2 unspecified atom stereocenters. The molecule has 0 spiro atoms. The minimum atomic E-state index is -2.35. The van der Waals surface area contributed by atoms with Gasteiger partial charge in [-0.1, -0.05) is 31.2 Å². The van der Waals surface area contributed by atoms with Gasteiger partial charge in [0.25, 0.3) is 0 Å². The van der Waals surface area contributed by atoms with Crippen molar-refractivity contribution < 1.29 is 13.2 Å². The van der Waals surface area contributed by atoms with Crippen LogP contribution >= 0.6 is 0 Å². The van der Waals surface area contributed by atoms with Gasteiger partial charge >= 0.3 is 0 Å². The van der Waals surface area contributed by atoms with Crippen LogP contribution in [0.3, 0.4) is 0 Å². The molecule has 6 heteroatoms. The fraction of sp³-hybridized carbons (Fsp3) is 0.353. The maximum atomic E-state index is 11.6. The number of hydrogen-bond acceptors (Lipinski definition) is 4. The maximum absolute atomic E-state index is 11.6. The molecule has 1 aliphatic heterocycles. The standard InChI is InChI=1S/C17H18N2O3S/c1-4-6-13-7-5-8-14(17(13)23(21)22)9-11(2)16-12(3)10-15(20)18-19-16/h1,5,7-9,12,14H,6,10H2,2-3H3,(H,18,20). The molecule has 23 heavy (non-hydrogen) atoms. The molecule has 120 valence electrons. The first-order valence-corrected chi connectivity index (χ1v) is 8.34. The molecule has 0 aromatic heterocycles. The number of terminal acetylenes is 1. The third kappa shape index (κ3) is 3.88. The predicted molar refractivity (Wildman–Crippen MR) is 91.2 cm³/mol. The molecule has 0 aromatic rings. The third-order valence-electron chi connectivity index (χ3n) is 3.80. The van der Waals surface area contributed by atoms with Crippen molar-refractivity contribution in [2.24, 2.45) is 16.9 Å². The summed E-state index contributed by atoms with van der Waals surface area (Å²) >= 11 is 0. The monoisotopic (exact) mass is 330 g/mol. The van der Waals surface area contributed by atoms with Crippen LogP contribution in [0.4, 0.5) is 0 Å². The Morgan fingerprint density at radius 2 is 2.30 bits per heavy atom. The molecule has 2 atom stereocenters. The lowest BCUT2D eigenvalue weighted by Crippen LogP contribution is -2.32. The van der Waals surface area contributed by atoms with Crippen molar-refractivity contribution in [3.8, 4) is 12.3 Å². The number of nitrogens with one attached hydrogen (secondary N) is 1. The Morgan fingerprint density at radius 3 is 2.91 bits per heavy atom. The van der Waals surface area contributed by atoms with Crippen LogP contribution < -0.4 is 5.43 Å². The minimum absolute atomic E-state index is 0.00510. The lowest BCUT2D eigenvalue weighted by atomic mass is 9.88. The predicted octanol–water partition coefficient (Wildman–Crippen LogP) is 1.63. The van der Waals surface area contributed by atoms with Crippen molar-refractivity contribution in [3.63, 3.8) is 0 Å². The first-order chi connectivity index (χ1) is 10.9. The molecular weight excluding hydrogens is 312 g/mol. The van der Waals surface area contributed by atoms with Crippen LogP contribution in [0.15, 0.2) is 40.6 Å². The minimum Gasteiger partial charge on any atom is -0.273 e. The van der Waals surface area contributed by atoms with E-state index in [9.17, 15) is 13.2 Å². The molecule has 5 nitrogen and oxygen atoms in total. The number of nitrogens with zero attached hydrogens (tertiary/aromatic N) is 1. The van der Waals surface area contributed by atoms with Crippen LogP contribution in [0.2, 0.25) is 0 Å². The summed E-state index contributed by atoms with van der Waals surface area (Å²) in [6.45, 7) is 3.79. The summed E-state index contributed by atoms with van der Waals surface area (Å²) in [5.41, 5.74) is 4.71. The van der Waals surface area contributed by atoms with Crippen molar-refractivity contribution in [2.45, 2.75) is 26.7 Å². The Kier molecular flexibility index (Phi) is 5.35.